The van der Waals surface area contributed by atoms with Crippen LogP contribution in [0.3, 0.4) is 0 Å². The van der Waals surface area contributed by atoms with Gasteiger partial charge >= 0.3 is 5.97 Å². The minimum Gasteiger partial charge on any atom is -0.462 e. The Balaban J connectivity index is 4.85. The smallest absolute Gasteiger partial charge is 0.323 e. The fraction of sp³-hybridized carbons (Fsp3) is 0.750. The summed E-state index contributed by atoms with van der Waals surface area (Å²) in [4.78, 5) is 13.2. The SMILES string of the molecule is COCP(=O)(NC(=N)NC(=N)N(C)C)N[C@@H](C)C(=O)OC(C)C. The van der Waals surface area contributed by atoms with Crippen LogP contribution < -0.4 is 15.5 Å². The van der Waals surface area contributed by atoms with Crippen LogP contribution in [0, 0.1) is 10.8 Å². The summed E-state index contributed by atoms with van der Waals surface area (Å²) in [5.74, 6) is -0.960. The van der Waals surface area contributed by atoms with E-state index in [9.17, 15) is 9.36 Å². The Morgan fingerprint density at radius 2 is 1.83 bits per heavy atom. The lowest BCUT2D eigenvalue weighted by atomic mass is 10.4. The van der Waals surface area contributed by atoms with Crippen LogP contribution in [0.2, 0.25) is 0 Å². The summed E-state index contributed by atoms with van der Waals surface area (Å²) in [6, 6.07) is -0.855. The van der Waals surface area contributed by atoms with Crippen molar-refractivity contribution in [2.75, 3.05) is 27.6 Å². The summed E-state index contributed by atoms with van der Waals surface area (Å²) in [7, 11) is 1.16. The molecule has 10 nitrogen and oxygen atoms in total. The van der Waals surface area contributed by atoms with Crippen LogP contribution in [0.5, 0.6) is 0 Å². The molecule has 0 spiro atoms. The second-order valence-corrected chi connectivity index (χ2v) is 7.57. The molecule has 0 radical (unpaired) electrons. The van der Waals surface area contributed by atoms with Crippen molar-refractivity contribution >= 4 is 25.3 Å². The normalized spacial score (nSPS) is 14.6. The van der Waals surface area contributed by atoms with Gasteiger partial charge < -0.3 is 14.4 Å². The largest absolute Gasteiger partial charge is 0.462 e. The first-order valence-electron chi connectivity index (χ1n) is 6.96. The number of guanidine groups is 2. The van der Waals surface area contributed by atoms with Crippen LogP contribution in [0.4, 0.5) is 0 Å². The van der Waals surface area contributed by atoms with Crippen molar-refractivity contribution in [3.63, 3.8) is 0 Å². The van der Waals surface area contributed by atoms with E-state index >= 15 is 0 Å². The molecule has 0 aliphatic heterocycles. The van der Waals surface area contributed by atoms with E-state index in [1.807, 2.05) is 0 Å². The zero-order chi connectivity index (χ0) is 18.2. The maximum Gasteiger partial charge on any atom is 0.323 e. The molecule has 11 heteroatoms. The molecular formula is C12H27N6O4P. The van der Waals surface area contributed by atoms with Crippen LogP contribution in [0.25, 0.3) is 0 Å². The Kier molecular flexibility index (Phi) is 8.81. The summed E-state index contributed by atoms with van der Waals surface area (Å²) in [6.07, 6.45) is -0.534. The molecule has 0 heterocycles. The second kappa shape index (κ2) is 9.49. The number of carbonyl (C=O) groups is 1. The molecule has 0 aromatic heterocycles. The van der Waals surface area contributed by atoms with Gasteiger partial charge in [0.25, 0.3) is 7.44 Å². The fourth-order valence-electron chi connectivity index (χ4n) is 1.42. The third kappa shape index (κ3) is 8.53. The summed E-state index contributed by atoms with van der Waals surface area (Å²) < 4.78 is 22.7. The van der Waals surface area contributed by atoms with Crippen molar-refractivity contribution in [1.29, 1.82) is 10.8 Å². The summed E-state index contributed by atoms with van der Waals surface area (Å²) in [6.45, 7) is 4.93. The van der Waals surface area contributed by atoms with Crippen LogP contribution in [-0.2, 0) is 18.8 Å². The van der Waals surface area contributed by atoms with E-state index in [-0.39, 0.29) is 24.4 Å². The molecular weight excluding hydrogens is 323 g/mol. The molecule has 0 aromatic rings. The highest BCUT2D eigenvalue weighted by Gasteiger charge is 2.29. The molecule has 0 bridgehead atoms. The number of carbonyl (C=O) groups excluding carboxylic acids is 1. The maximum absolute atomic E-state index is 12.8. The number of rotatable bonds is 7. The number of nitrogens with one attached hydrogen (secondary N) is 5. The van der Waals surface area contributed by atoms with Gasteiger partial charge in [-0.1, -0.05) is 0 Å². The van der Waals surface area contributed by atoms with Gasteiger partial charge in [0.2, 0.25) is 5.96 Å². The molecule has 0 amide bonds. The van der Waals surface area contributed by atoms with E-state index < -0.39 is 19.5 Å². The number of ether oxygens (including phenoxy) is 2. The van der Waals surface area contributed by atoms with Crippen molar-refractivity contribution in [3.05, 3.63) is 0 Å². The van der Waals surface area contributed by atoms with Crippen molar-refractivity contribution in [2.45, 2.75) is 32.9 Å². The van der Waals surface area contributed by atoms with E-state index in [1.165, 1.54) is 18.9 Å². The Morgan fingerprint density at radius 3 is 2.26 bits per heavy atom. The predicted octanol–water partition coefficient (Wildman–Crippen LogP) is 0.323. The Bertz CT molecular complexity index is 482. The summed E-state index contributed by atoms with van der Waals surface area (Å²) in [5, 5.41) is 22.8. The lowest BCUT2D eigenvalue weighted by molar-refractivity contribution is -0.148. The van der Waals surface area contributed by atoms with E-state index in [4.69, 9.17) is 20.3 Å². The molecule has 1 unspecified atom stereocenters. The molecule has 0 saturated heterocycles. The molecule has 0 aliphatic carbocycles. The molecule has 0 fully saturated rings. The van der Waals surface area contributed by atoms with Gasteiger partial charge in [-0.15, -0.1) is 0 Å². The highest BCUT2D eigenvalue weighted by Crippen LogP contribution is 2.36. The Morgan fingerprint density at radius 1 is 1.26 bits per heavy atom. The number of hydrogen-bond donors (Lipinski definition) is 5. The van der Waals surface area contributed by atoms with Crippen LogP contribution >= 0.6 is 7.44 Å². The monoisotopic (exact) mass is 350 g/mol. The van der Waals surface area contributed by atoms with Crippen LogP contribution in [-0.4, -0.2) is 62.5 Å². The fourth-order valence-corrected chi connectivity index (χ4v) is 3.14. The lowest BCUT2D eigenvalue weighted by Gasteiger charge is -2.25. The predicted molar refractivity (Wildman–Crippen MR) is 88.7 cm³/mol. The molecule has 0 saturated carbocycles. The average Bonchev–Trinajstić information content (AvgIpc) is 2.36. The molecule has 5 N–H and O–H groups in total. The van der Waals surface area contributed by atoms with Crippen molar-refractivity contribution < 1.29 is 18.8 Å². The Hall–Kier alpha value is -1.64. The quantitative estimate of drug-likeness (QED) is 0.191. The van der Waals surface area contributed by atoms with Gasteiger partial charge in [-0.25, -0.2) is 5.09 Å². The van der Waals surface area contributed by atoms with Crippen LogP contribution in [0.1, 0.15) is 20.8 Å². The number of methoxy groups -OCH3 is 1. The summed E-state index contributed by atoms with van der Waals surface area (Å²) >= 11 is 0. The third-order valence-electron chi connectivity index (χ3n) is 2.40. The first-order chi connectivity index (χ1) is 10.5. The maximum atomic E-state index is 12.8. The van der Waals surface area contributed by atoms with E-state index in [0.29, 0.717) is 0 Å². The Labute approximate surface area is 136 Å². The number of hydrogen-bond acceptors (Lipinski definition) is 6. The van der Waals surface area contributed by atoms with Crippen molar-refractivity contribution in [1.82, 2.24) is 20.4 Å². The van der Waals surface area contributed by atoms with Gasteiger partial charge in [0.15, 0.2) is 5.96 Å². The minimum atomic E-state index is -3.44. The van der Waals surface area contributed by atoms with Crippen molar-refractivity contribution in [3.8, 4) is 0 Å². The standard InChI is InChI=1S/C12H27N6O4P/c1-8(2)22-10(19)9(3)16-23(20,7-21-6)17-11(13)15-12(14)18(4)5/h8-9H,7H2,1-6H3,(H5,13,14,15,16,17,20)/t9-,23?/m0/s1. The first kappa shape index (κ1) is 21.4. The minimum absolute atomic E-state index is 0.0567. The second-order valence-electron chi connectivity index (χ2n) is 5.35. The topological polar surface area (TPSA) is 140 Å². The van der Waals surface area contributed by atoms with E-state index in [1.54, 1.807) is 27.9 Å². The first-order valence-corrected chi connectivity index (χ1v) is 8.86. The van der Waals surface area contributed by atoms with Gasteiger partial charge in [-0.2, -0.15) is 0 Å². The number of esters is 1. The molecule has 2 atom stereocenters. The third-order valence-corrected chi connectivity index (χ3v) is 4.41. The molecule has 0 aromatic carbocycles. The molecule has 23 heavy (non-hydrogen) atoms. The zero-order valence-electron chi connectivity index (χ0n) is 14.4. The molecule has 134 valence electrons. The molecule has 0 rings (SSSR count). The zero-order valence-corrected chi connectivity index (χ0v) is 15.3. The average molecular weight is 350 g/mol. The van der Waals surface area contributed by atoms with E-state index in [0.717, 1.165) is 0 Å². The number of nitrogens with zero attached hydrogens (tertiary/aromatic N) is 1. The van der Waals surface area contributed by atoms with Gasteiger partial charge in [0, 0.05) is 21.2 Å². The van der Waals surface area contributed by atoms with Gasteiger partial charge in [-0.05, 0) is 20.8 Å². The van der Waals surface area contributed by atoms with Crippen molar-refractivity contribution in [2.24, 2.45) is 0 Å². The lowest BCUT2D eigenvalue weighted by Crippen LogP contribution is -2.47. The highest BCUT2D eigenvalue weighted by atomic mass is 31.2. The van der Waals surface area contributed by atoms with Crippen LogP contribution in [0.15, 0.2) is 0 Å². The van der Waals surface area contributed by atoms with Gasteiger partial charge in [0.05, 0.1) is 6.10 Å². The summed E-state index contributed by atoms with van der Waals surface area (Å²) in [5.41, 5.74) is 0. The highest BCUT2D eigenvalue weighted by molar-refractivity contribution is 7.60. The van der Waals surface area contributed by atoms with Gasteiger partial charge in [-0.3, -0.25) is 30.6 Å². The molecule has 0 aliphatic rings. The van der Waals surface area contributed by atoms with Gasteiger partial charge in [0.1, 0.15) is 12.4 Å². The van der Waals surface area contributed by atoms with E-state index in [2.05, 4.69) is 15.5 Å².